The molecule has 0 saturated heterocycles. The first-order valence-electron chi connectivity index (χ1n) is 8.46. The predicted molar refractivity (Wildman–Crippen MR) is 83.9 cm³/mol. The number of fused-ring (bicyclic) bond motifs is 1. The fourth-order valence-electron chi connectivity index (χ4n) is 3.79. The van der Waals surface area contributed by atoms with Gasteiger partial charge in [0.1, 0.15) is 0 Å². The zero-order chi connectivity index (χ0) is 13.4. The van der Waals surface area contributed by atoms with Gasteiger partial charge in [-0.3, -0.25) is 0 Å². The lowest BCUT2D eigenvalue weighted by Gasteiger charge is -2.20. The van der Waals surface area contributed by atoms with Gasteiger partial charge in [-0.05, 0) is 80.0 Å². The number of hydrogen-bond donors (Lipinski definition) is 2. The molecule has 0 spiro atoms. The third kappa shape index (κ3) is 2.85. The second-order valence-electron chi connectivity index (χ2n) is 6.99. The molecule has 1 aromatic carbocycles. The lowest BCUT2D eigenvalue weighted by atomic mass is 9.97. The van der Waals surface area contributed by atoms with Crippen LogP contribution in [0.2, 0.25) is 0 Å². The van der Waals surface area contributed by atoms with Crippen molar-refractivity contribution in [3.05, 3.63) is 29.3 Å². The molecule has 0 bridgehead atoms. The van der Waals surface area contributed by atoms with E-state index < -0.39 is 0 Å². The van der Waals surface area contributed by atoms with Gasteiger partial charge in [0.05, 0.1) is 0 Å². The topological polar surface area (TPSA) is 24.1 Å². The van der Waals surface area contributed by atoms with Gasteiger partial charge < -0.3 is 10.6 Å². The summed E-state index contributed by atoms with van der Waals surface area (Å²) in [4.78, 5) is 0. The molecule has 2 aliphatic carbocycles. The zero-order valence-electron chi connectivity index (χ0n) is 12.3. The number of benzene rings is 1. The summed E-state index contributed by atoms with van der Waals surface area (Å²) in [5.74, 6) is 3.10. The second kappa shape index (κ2) is 5.40. The van der Waals surface area contributed by atoms with Crippen molar-refractivity contribution in [3.8, 4) is 0 Å². The van der Waals surface area contributed by atoms with Crippen LogP contribution in [0.3, 0.4) is 0 Å². The standard InChI is InChI=1S/C18H26N2/c1-2-16-10-13(3-8-18(16)20-9-1)11-19-12-17(14-4-5-14)15-6-7-15/h3,8,10,14-15,17,19-20H,1-2,4-7,9,11-12H2. The van der Waals surface area contributed by atoms with E-state index in [-0.39, 0.29) is 0 Å². The van der Waals surface area contributed by atoms with Gasteiger partial charge >= 0.3 is 0 Å². The molecule has 20 heavy (non-hydrogen) atoms. The molecule has 1 aromatic rings. The van der Waals surface area contributed by atoms with E-state index in [2.05, 4.69) is 28.8 Å². The summed E-state index contributed by atoms with van der Waals surface area (Å²) in [6.07, 6.45) is 8.49. The highest BCUT2D eigenvalue weighted by atomic mass is 14.9. The second-order valence-corrected chi connectivity index (χ2v) is 6.99. The molecule has 3 aliphatic rings. The highest BCUT2D eigenvalue weighted by Gasteiger charge is 2.40. The van der Waals surface area contributed by atoms with Gasteiger partial charge in [0.2, 0.25) is 0 Å². The summed E-state index contributed by atoms with van der Waals surface area (Å²) in [5, 5.41) is 7.22. The summed E-state index contributed by atoms with van der Waals surface area (Å²) in [6, 6.07) is 6.95. The van der Waals surface area contributed by atoms with Crippen LogP contribution in [-0.2, 0) is 13.0 Å². The van der Waals surface area contributed by atoms with Gasteiger partial charge in [-0.1, -0.05) is 12.1 Å². The summed E-state index contributed by atoms with van der Waals surface area (Å²) in [6.45, 7) is 3.42. The van der Waals surface area contributed by atoms with Crippen molar-refractivity contribution in [3.63, 3.8) is 0 Å². The van der Waals surface area contributed by atoms with E-state index in [0.717, 1.165) is 30.8 Å². The normalized spacial score (nSPS) is 21.6. The minimum absolute atomic E-state index is 0.981. The molecule has 2 nitrogen and oxygen atoms in total. The van der Waals surface area contributed by atoms with Gasteiger partial charge in [-0.25, -0.2) is 0 Å². The van der Waals surface area contributed by atoms with E-state index >= 15 is 0 Å². The minimum Gasteiger partial charge on any atom is -0.385 e. The molecule has 0 unspecified atom stereocenters. The quantitative estimate of drug-likeness (QED) is 0.826. The van der Waals surface area contributed by atoms with E-state index in [4.69, 9.17) is 0 Å². The van der Waals surface area contributed by atoms with E-state index in [1.54, 1.807) is 0 Å². The Balaban J connectivity index is 1.32. The fourth-order valence-corrected chi connectivity index (χ4v) is 3.79. The summed E-state index contributed by atoms with van der Waals surface area (Å²) in [5.41, 5.74) is 4.32. The number of anilines is 1. The number of hydrogen-bond acceptors (Lipinski definition) is 2. The van der Waals surface area contributed by atoms with Crippen molar-refractivity contribution < 1.29 is 0 Å². The molecule has 4 rings (SSSR count). The van der Waals surface area contributed by atoms with E-state index in [0.29, 0.717) is 0 Å². The Kier molecular flexibility index (Phi) is 3.43. The van der Waals surface area contributed by atoms with Crippen LogP contribution in [-0.4, -0.2) is 13.1 Å². The Morgan fingerprint density at radius 2 is 1.95 bits per heavy atom. The Labute approximate surface area is 122 Å². The molecular weight excluding hydrogens is 244 g/mol. The predicted octanol–water partition coefficient (Wildman–Crippen LogP) is 3.57. The highest BCUT2D eigenvalue weighted by Crippen LogP contribution is 2.48. The van der Waals surface area contributed by atoms with Crippen LogP contribution in [0.5, 0.6) is 0 Å². The van der Waals surface area contributed by atoms with Crippen LogP contribution in [0.1, 0.15) is 43.2 Å². The maximum atomic E-state index is 3.73. The average molecular weight is 270 g/mol. The van der Waals surface area contributed by atoms with Crippen LogP contribution in [0.15, 0.2) is 18.2 Å². The zero-order valence-corrected chi connectivity index (χ0v) is 12.3. The molecule has 0 amide bonds. The monoisotopic (exact) mass is 270 g/mol. The molecule has 0 radical (unpaired) electrons. The maximum absolute atomic E-state index is 3.73. The van der Waals surface area contributed by atoms with Gasteiger partial charge in [0, 0.05) is 18.8 Å². The first-order valence-corrected chi connectivity index (χ1v) is 8.46. The minimum atomic E-state index is 0.981. The highest BCUT2D eigenvalue weighted by molar-refractivity contribution is 5.54. The third-order valence-electron chi connectivity index (χ3n) is 5.27. The van der Waals surface area contributed by atoms with Gasteiger partial charge in [-0.2, -0.15) is 0 Å². The Morgan fingerprint density at radius 1 is 1.15 bits per heavy atom. The fraction of sp³-hybridized carbons (Fsp3) is 0.667. The van der Waals surface area contributed by atoms with Crippen molar-refractivity contribution in [1.82, 2.24) is 5.32 Å². The van der Waals surface area contributed by atoms with Crippen LogP contribution in [0, 0.1) is 17.8 Å². The molecule has 0 aromatic heterocycles. The Bertz CT molecular complexity index is 462. The van der Waals surface area contributed by atoms with E-state index in [1.165, 1.54) is 61.9 Å². The maximum Gasteiger partial charge on any atom is 0.0372 e. The molecule has 2 saturated carbocycles. The number of rotatable bonds is 6. The molecule has 1 heterocycles. The van der Waals surface area contributed by atoms with Crippen LogP contribution >= 0.6 is 0 Å². The number of aryl methyl sites for hydroxylation is 1. The van der Waals surface area contributed by atoms with Crippen molar-refractivity contribution >= 4 is 5.69 Å². The van der Waals surface area contributed by atoms with E-state index in [9.17, 15) is 0 Å². The average Bonchev–Trinajstić information content (AvgIpc) is 3.37. The molecular formula is C18H26N2. The SMILES string of the molecule is c1cc2c(cc1CNCC(C1CC1)C1CC1)CCCN2. The smallest absolute Gasteiger partial charge is 0.0372 e. The van der Waals surface area contributed by atoms with Crippen LogP contribution in [0.25, 0.3) is 0 Å². The van der Waals surface area contributed by atoms with Crippen molar-refractivity contribution in [1.29, 1.82) is 0 Å². The summed E-state index contributed by atoms with van der Waals surface area (Å²) >= 11 is 0. The molecule has 1 aliphatic heterocycles. The molecule has 108 valence electrons. The third-order valence-corrected chi connectivity index (χ3v) is 5.27. The Hall–Kier alpha value is -1.02. The summed E-state index contributed by atoms with van der Waals surface area (Å²) < 4.78 is 0. The molecule has 2 heteroatoms. The van der Waals surface area contributed by atoms with Crippen LogP contribution in [0.4, 0.5) is 5.69 Å². The molecule has 0 atom stereocenters. The van der Waals surface area contributed by atoms with Crippen LogP contribution < -0.4 is 10.6 Å². The van der Waals surface area contributed by atoms with Crippen molar-refractivity contribution in [2.24, 2.45) is 17.8 Å². The van der Waals surface area contributed by atoms with Gasteiger partial charge in [0.15, 0.2) is 0 Å². The first kappa shape index (κ1) is 12.7. The van der Waals surface area contributed by atoms with Crippen molar-refractivity contribution in [2.75, 3.05) is 18.4 Å². The lowest BCUT2D eigenvalue weighted by molar-refractivity contribution is 0.378. The Morgan fingerprint density at radius 3 is 2.70 bits per heavy atom. The largest absolute Gasteiger partial charge is 0.385 e. The van der Waals surface area contributed by atoms with E-state index in [1.807, 2.05) is 0 Å². The van der Waals surface area contributed by atoms with Crippen molar-refractivity contribution in [2.45, 2.75) is 45.1 Å². The first-order chi connectivity index (χ1) is 9.90. The number of nitrogens with one attached hydrogen (secondary N) is 2. The molecule has 2 fully saturated rings. The van der Waals surface area contributed by atoms with Gasteiger partial charge in [0.25, 0.3) is 0 Å². The van der Waals surface area contributed by atoms with Gasteiger partial charge in [-0.15, -0.1) is 0 Å². The lowest BCUT2D eigenvalue weighted by Crippen LogP contribution is -2.25. The summed E-state index contributed by atoms with van der Waals surface area (Å²) in [7, 11) is 0. The molecule has 2 N–H and O–H groups in total.